The lowest BCUT2D eigenvalue weighted by Crippen LogP contribution is -2.38. The van der Waals surface area contributed by atoms with Gasteiger partial charge in [0, 0.05) is 31.4 Å². The SMILES string of the molecule is O=C(Nc1cc(C(F)(F)F)ccc1-n1cccn1)C1CCN(c2nc3ccccc3o2)CC1. The number of anilines is 2. The van der Waals surface area contributed by atoms with Gasteiger partial charge in [0.05, 0.1) is 16.9 Å². The molecule has 0 unspecified atom stereocenters. The number of oxazole rings is 1. The largest absolute Gasteiger partial charge is 0.423 e. The molecule has 0 bridgehead atoms. The number of piperidine rings is 1. The van der Waals surface area contributed by atoms with Crippen LogP contribution in [0, 0.1) is 5.92 Å². The third-order valence-electron chi connectivity index (χ3n) is 5.75. The molecule has 0 spiro atoms. The molecule has 7 nitrogen and oxygen atoms in total. The number of alkyl halides is 3. The maximum absolute atomic E-state index is 13.3. The first-order chi connectivity index (χ1) is 15.9. The molecule has 1 aliphatic heterocycles. The fourth-order valence-corrected chi connectivity index (χ4v) is 3.99. The van der Waals surface area contributed by atoms with E-state index in [2.05, 4.69) is 15.4 Å². The third kappa shape index (κ3) is 4.28. The van der Waals surface area contributed by atoms with Crippen LogP contribution in [-0.2, 0) is 11.0 Å². The van der Waals surface area contributed by atoms with Gasteiger partial charge in [-0.05, 0) is 49.2 Å². The molecular weight excluding hydrogens is 435 g/mol. The van der Waals surface area contributed by atoms with Gasteiger partial charge in [0.25, 0.3) is 6.01 Å². The van der Waals surface area contributed by atoms with Crippen molar-refractivity contribution in [1.29, 1.82) is 0 Å². The molecule has 0 radical (unpaired) electrons. The number of hydrogen-bond acceptors (Lipinski definition) is 5. The summed E-state index contributed by atoms with van der Waals surface area (Å²) in [5.74, 6) is -0.661. The lowest BCUT2D eigenvalue weighted by Gasteiger charge is -2.30. The number of benzene rings is 2. The number of amides is 1. The zero-order valence-electron chi connectivity index (χ0n) is 17.4. The monoisotopic (exact) mass is 455 g/mol. The predicted molar refractivity (Wildman–Crippen MR) is 116 cm³/mol. The Bertz CT molecular complexity index is 1240. The Morgan fingerprint density at radius 3 is 2.58 bits per heavy atom. The van der Waals surface area contributed by atoms with Gasteiger partial charge in [-0.25, -0.2) is 4.68 Å². The van der Waals surface area contributed by atoms with E-state index in [9.17, 15) is 18.0 Å². The maximum atomic E-state index is 13.3. The Hall–Kier alpha value is -3.82. The first-order valence-electron chi connectivity index (χ1n) is 10.5. The molecule has 33 heavy (non-hydrogen) atoms. The van der Waals surface area contributed by atoms with Crippen LogP contribution in [0.1, 0.15) is 18.4 Å². The van der Waals surface area contributed by atoms with Gasteiger partial charge in [-0.2, -0.15) is 23.3 Å². The van der Waals surface area contributed by atoms with Crippen molar-refractivity contribution >= 4 is 28.7 Å². The second-order valence-electron chi connectivity index (χ2n) is 7.90. The average Bonchev–Trinajstić information content (AvgIpc) is 3.48. The summed E-state index contributed by atoms with van der Waals surface area (Å²) in [7, 11) is 0. The first-order valence-corrected chi connectivity index (χ1v) is 10.5. The quantitative estimate of drug-likeness (QED) is 0.474. The van der Waals surface area contributed by atoms with E-state index in [4.69, 9.17) is 4.42 Å². The van der Waals surface area contributed by atoms with Crippen molar-refractivity contribution in [3.05, 3.63) is 66.5 Å². The van der Waals surface area contributed by atoms with Crippen LogP contribution in [0.25, 0.3) is 16.8 Å². The number of carbonyl (C=O) groups excluding carboxylic acids is 1. The summed E-state index contributed by atoms with van der Waals surface area (Å²) >= 11 is 0. The van der Waals surface area contributed by atoms with Crippen molar-refractivity contribution in [1.82, 2.24) is 14.8 Å². The number of para-hydroxylation sites is 2. The van der Waals surface area contributed by atoms with Crippen molar-refractivity contribution in [3.63, 3.8) is 0 Å². The van der Waals surface area contributed by atoms with Gasteiger partial charge in [-0.3, -0.25) is 4.79 Å². The van der Waals surface area contributed by atoms with Crippen LogP contribution in [0.15, 0.2) is 65.3 Å². The fraction of sp³-hybridized carbons (Fsp3) is 0.261. The van der Waals surface area contributed by atoms with Gasteiger partial charge in [-0.1, -0.05) is 12.1 Å². The summed E-state index contributed by atoms with van der Waals surface area (Å²) in [4.78, 5) is 19.4. The molecule has 1 N–H and O–H groups in total. The summed E-state index contributed by atoms with van der Waals surface area (Å²) < 4.78 is 47.0. The van der Waals surface area contributed by atoms with Gasteiger partial charge in [0.2, 0.25) is 5.91 Å². The maximum Gasteiger partial charge on any atom is 0.416 e. The molecule has 0 saturated carbocycles. The third-order valence-corrected chi connectivity index (χ3v) is 5.75. The summed E-state index contributed by atoms with van der Waals surface area (Å²) in [6.07, 6.45) is -0.337. The van der Waals surface area contributed by atoms with Crippen LogP contribution in [0.3, 0.4) is 0 Å². The lowest BCUT2D eigenvalue weighted by atomic mass is 9.96. The van der Waals surface area contributed by atoms with Gasteiger partial charge in [0.15, 0.2) is 5.58 Å². The molecule has 170 valence electrons. The number of hydrogen-bond donors (Lipinski definition) is 1. The first kappa shape index (κ1) is 21.0. The van der Waals surface area contributed by atoms with Gasteiger partial charge in [0.1, 0.15) is 5.52 Å². The molecule has 2 aromatic carbocycles. The van der Waals surface area contributed by atoms with Crippen LogP contribution >= 0.6 is 0 Å². The minimum absolute atomic E-state index is 0.0694. The number of aromatic nitrogens is 3. The van der Waals surface area contributed by atoms with Crippen molar-refractivity contribution in [3.8, 4) is 5.69 Å². The van der Waals surface area contributed by atoms with Crippen molar-refractivity contribution in [2.24, 2.45) is 5.92 Å². The molecule has 2 aromatic heterocycles. The van der Waals surface area contributed by atoms with Crippen LogP contribution in [0.4, 0.5) is 24.9 Å². The van der Waals surface area contributed by atoms with Crippen LogP contribution < -0.4 is 10.2 Å². The van der Waals surface area contributed by atoms with E-state index in [1.165, 1.54) is 16.9 Å². The van der Waals surface area contributed by atoms with Crippen molar-refractivity contribution in [2.45, 2.75) is 19.0 Å². The molecule has 0 aliphatic carbocycles. The van der Waals surface area contributed by atoms with Gasteiger partial charge < -0.3 is 14.6 Å². The van der Waals surface area contributed by atoms with Crippen LogP contribution in [0.5, 0.6) is 0 Å². The average molecular weight is 455 g/mol. The van der Waals surface area contributed by atoms with E-state index in [-0.39, 0.29) is 17.5 Å². The van der Waals surface area contributed by atoms with E-state index >= 15 is 0 Å². The van der Waals surface area contributed by atoms with Gasteiger partial charge in [-0.15, -0.1) is 0 Å². The predicted octanol–water partition coefficient (Wildman–Crippen LogP) is 4.89. The highest BCUT2D eigenvalue weighted by Gasteiger charge is 2.32. The Kier molecular flexibility index (Phi) is 5.27. The van der Waals surface area contributed by atoms with E-state index < -0.39 is 11.7 Å². The lowest BCUT2D eigenvalue weighted by molar-refractivity contribution is -0.137. The molecule has 1 saturated heterocycles. The topological polar surface area (TPSA) is 76.2 Å². The van der Waals surface area contributed by atoms with Crippen LogP contribution in [-0.4, -0.2) is 33.8 Å². The Morgan fingerprint density at radius 1 is 1.09 bits per heavy atom. The van der Waals surface area contributed by atoms with E-state index in [1.807, 2.05) is 29.2 Å². The summed E-state index contributed by atoms with van der Waals surface area (Å²) in [6.45, 7) is 1.11. The smallest absolute Gasteiger partial charge is 0.416 e. The standard InChI is InChI=1S/C23H20F3N5O2/c24-23(25,26)16-6-7-19(31-11-3-10-27-31)18(14-16)28-21(32)15-8-12-30(13-9-15)22-29-17-4-1-2-5-20(17)33-22/h1-7,10-11,14-15H,8-9,12-13H2,(H,28,32). The molecule has 3 heterocycles. The molecule has 1 fully saturated rings. The Labute approximate surface area is 186 Å². The number of rotatable bonds is 4. The van der Waals surface area contributed by atoms with Crippen molar-refractivity contribution < 1.29 is 22.4 Å². The zero-order valence-corrected chi connectivity index (χ0v) is 17.4. The van der Waals surface area contributed by atoms with E-state index in [0.717, 1.165) is 17.6 Å². The minimum Gasteiger partial charge on any atom is -0.423 e. The highest BCUT2D eigenvalue weighted by molar-refractivity contribution is 5.94. The molecule has 0 atom stereocenters. The molecule has 5 rings (SSSR count). The number of nitrogens with one attached hydrogen (secondary N) is 1. The van der Waals surface area contributed by atoms with E-state index in [0.29, 0.717) is 43.2 Å². The number of nitrogens with zero attached hydrogens (tertiary/aromatic N) is 4. The minimum atomic E-state index is -4.52. The second kappa shape index (κ2) is 8.27. The molecule has 4 aromatic rings. The Morgan fingerprint density at radius 2 is 1.88 bits per heavy atom. The Balaban J connectivity index is 1.31. The highest BCUT2D eigenvalue weighted by Crippen LogP contribution is 2.34. The number of fused-ring (bicyclic) bond motifs is 1. The summed E-state index contributed by atoms with van der Waals surface area (Å²) in [5, 5.41) is 6.78. The van der Waals surface area contributed by atoms with E-state index in [1.54, 1.807) is 12.3 Å². The normalized spacial score (nSPS) is 15.2. The fourth-order valence-electron chi connectivity index (χ4n) is 3.99. The second-order valence-corrected chi connectivity index (χ2v) is 7.90. The van der Waals surface area contributed by atoms with Gasteiger partial charge >= 0.3 is 6.18 Å². The molecule has 1 aliphatic rings. The van der Waals surface area contributed by atoms with Crippen molar-refractivity contribution in [2.75, 3.05) is 23.3 Å². The zero-order chi connectivity index (χ0) is 23.0. The molecule has 10 heteroatoms. The number of carbonyl (C=O) groups is 1. The van der Waals surface area contributed by atoms with Crippen LogP contribution in [0.2, 0.25) is 0 Å². The molecular formula is C23H20F3N5O2. The summed E-state index contributed by atoms with van der Waals surface area (Å²) in [5.41, 5.74) is 1.07. The highest BCUT2D eigenvalue weighted by atomic mass is 19.4. The summed E-state index contributed by atoms with van der Waals surface area (Å²) in [6, 6.07) is 12.9. The molecule has 1 amide bonds. The number of halogens is 3.